The van der Waals surface area contributed by atoms with Crippen LogP contribution in [0.15, 0.2) is 54.8 Å². The molecule has 2 aromatic carbocycles. The number of hydrogen-bond donors (Lipinski definition) is 2. The maximum Gasteiger partial charge on any atom is 0.331 e. The van der Waals surface area contributed by atoms with E-state index in [1.165, 1.54) is 11.3 Å². The Morgan fingerprint density at radius 3 is 2.50 bits per heavy atom. The van der Waals surface area contributed by atoms with Gasteiger partial charge in [0, 0.05) is 21.6 Å². The lowest BCUT2D eigenvalue weighted by Crippen LogP contribution is -2.21. The number of ketones is 1. The first-order chi connectivity index (χ1) is 13.5. The van der Waals surface area contributed by atoms with E-state index in [2.05, 4.69) is 0 Å². The molecule has 28 heavy (non-hydrogen) atoms. The highest BCUT2D eigenvalue weighted by Gasteiger charge is 2.30. The third-order valence-electron chi connectivity index (χ3n) is 4.93. The number of ether oxygens (including phenoxy) is 1. The van der Waals surface area contributed by atoms with E-state index in [1.54, 1.807) is 24.3 Å². The number of fused-ring (bicyclic) bond motifs is 1. The zero-order chi connectivity index (χ0) is 19.7. The summed E-state index contributed by atoms with van der Waals surface area (Å²) in [5.74, 6) is -0.137. The van der Waals surface area contributed by atoms with Gasteiger partial charge in [-0.1, -0.05) is 18.6 Å². The van der Waals surface area contributed by atoms with Crippen LogP contribution in [0.5, 0.6) is 11.5 Å². The Morgan fingerprint density at radius 2 is 1.86 bits per heavy atom. The van der Waals surface area contributed by atoms with E-state index in [9.17, 15) is 14.7 Å². The van der Waals surface area contributed by atoms with Crippen LogP contribution in [0.25, 0.3) is 21.2 Å². The molecule has 0 aliphatic heterocycles. The van der Waals surface area contributed by atoms with Crippen molar-refractivity contribution in [1.29, 1.82) is 0 Å². The number of Topliss-reactive ketones (excluding diaryl/α,β-unsaturated/α-hetero) is 1. The molecule has 0 unspecified atom stereocenters. The Balaban J connectivity index is 1.74. The minimum absolute atomic E-state index is 0.0872. The molecular weight excluding hydrogens is 376 g/mol. The number of aliphatic carboxylic acids is 1. The fourth-order valence-electron chi connectivity index (χ4n) is 3.27. The largest absolute Gasteiger partial charge is 0.508 e. The molecule has 3 aromatic rings. The standard InChI is InChI=1S/C22H18O5S/c23-15-6-9-17-18(12-15)28-22(21(26)14-2-1-3-14)20(17)13-4-7-16(8-5-13)27-11-10-19(24)25/h4-12,14,23H,1-3H2,(H,24,25)/b11-10+. The quantitative estimate of drug-likeness (QED) is 0.340. The van der Waals surface area contributed by atoms with Gasteiger partial charge in [0.1, 0.15) is 11.5 Å². The normalized spacial score (nSPS) is 14.3. The molecule has 142 valence electrons. The van der Waals surface area contributed by atoms with Gasteiger partial charge in [0.15, 0.2) is 5.78 Å². The first-order valence-corrected chi connectivity index (χ1v) is 9.81. The molecule has 1 fully saturated rings. The number of carbonyl (C=O) groups excluding carboxylic acids is 1. The lowest BCUT2D eigenvalue weighted by molar-refractivity contribution is -0.131. The molecule has 1 aliphatic carbocycles. The highest BCUT2D eigenvalue weighted by atomic mass is 32.1. The van der Waals surface area contributed by atoms with E-state index < -0.39 is 5.97 Å². The lowest BCUT2D eigenvalue weighted by atomic mass is 9.80. The average molecular weight is 394 g/mol. The molecule has 5 nitrogen and oxygen atoms in total. The van der Waals surface area contributed by atoms with Gasteiger partial charge in [-0.2, -0.15) is 0 Å². The molecule has 0 atom stereocenters. The van der Waals surface area contributed by atoms with Gasteiger partial charge in [0.05, 0.1) is 17.2 Å². The van der Waals surface area contributed by atoms with Gasteiger partial charge in [-0.25, -0.2) is 4.79 Å². The Hall–Kier alpha value is -3.12. The SMILES string of the molecule is O=C(O)/C=C/Oc1ccc(-c2c(C(=O)C3CCC3)sc3cc(O)ccc23)cc1. The van der Waals surface area contributed by atoms with Crippen LogP contribution in [0.1, 0.15) is 28.9 Å². The second-order valence-corrected chi connectivity index (χ2v) is 7.81. The molecular formula is C22H18O5S. The number of phenolic OH excluding ortho intramolecular Hbond substituents is 1. The van der Waals surface area contributed by atoms with Crippen molar-refractivity contribution >= 4 is 33.2 Å². The Kier molecular flexibility index (Phi) is 4.88. The van der Waals surface area contributed by atoms with Gasteiger partial charge in [0.25, 0.3) is 0 Å². The van der Waals surface area contributed by atoms with Crippen LogP contribution in [0.2, 0.25) is 0 Å². The van der Waals surface area contributed by atoms with E-state index in [-0.39, 0.29) is 17.5 Å². The van der Waals surface area contributed by atoms with Crippen LogP contribution in [-0.2, 0) is 4.79 Å². The number of aromatic hydroxyl groups is 1. The smallest absolute Gasteiger partial charge is 0.331 e. The lowest BCUT2D eigenvalue weighted by Gasteiger charge is -2.23. The first-order valence-electron chi connectivity index (χ1n) is 8.99. The van der Waals surface area contributed by atoms with Crippen molar-refractivity contribution < 1.29 is 24.5 Å². The molecule has 0 saturated heterocycles. The molecule has 1 saturated carbocycles. The van der Waals surface area contributed by atoms with Gasteiger partial charge >= 0.3 is 5.97 Å². The predicted molar refractivity (Wildman–Crippen MR) is 108 cm³/mol. The monoisotopic (exact) mass is 394 g/mol. The summed E-state index contributed by atoms with van der Waals surface area (Å²) in [5.41, 5.74) is 1.76. The molecule has 4 rings (SSSR count). The van der Waals surface area contributed by atoms with Crippen molar-refractivity contribution in [1.82, 2.24) is 0 Å². The summed E-state index contributed by atoms with van der Waals surface area (Å²) < 4.78 is 6.15. The van der Waals surface area contributed by atoms with E-state index in [0.29, 0.717) is 5.75 Å². The van der Waals surface area contributed by atoms with E-state index in [0.717, 1.165) is 57.7 Å². The minimum atomic E-state index is -1.08. The Bertz CT molecular complexity index is 1070. The summed E-state index contributed by atoms with van der Waals surface area (Å²) in [5, 5.41) is 19.4. The zero-order valence-corrected chi connectivity index (χ0v) is 15.7. The van der Waals surface area contributed by atoms with Crippen molar-refractivity contribution in [2.24, 2.45) is 5.92 Å². The first kappa shape index (κ1) is 18.3. The zero-order valence-electron chi connectivity index (χ0n) is 14.9. The van der Waals surface area contributed by atoms with E-state index in [1.807, 2.05) is 18.2 Å². The summed E-state index contributed by atoms with van der Waals surface area (Å²) in [4.78, 5) is 24.3. The van der Waals surface area contributed by atoms with Crippen molar-refractivity contribution in [2.45, 2.75) is 19.3 Å². The molecule has 0 radical (unpaired) electrons. The third kappa shape index (κ3) is 3.51. The highest BCUT2D eigenvalue weighted by molar-refractivity contribution is 7.21. The van der Waals surface area contributed by atoms with Crippen LogP contribution in [0, 0.1) is 5.92 Å². The highest BCUT2D eigenvalue weighted by Crippen LogP contribution is 2.43. The third-order valence-corrected chi connectivity index (χ3v) is 6.10. The predicted octanol–water partition coefficient (Wildman–Crippen LogP) is 5.23. The second kappa shape index (κ2) is 7.48. The number of carboxylic acids is 1. The number of phenols is 1. The van der Waals surface area contributed by atoms with Crippen molar-refractivity contribution in [2.75, 3.05) is 0 Å². The topological polar surface area (TPSA) is 83.8 Å². The summed E-state index contributed by atoms with van der Waals surface area (Å²) in [6, 6.07) is 12.4. The van der Waals surface area contributed by atoms with Crippen molar-refractivity contribution in [3.63, 3.8) is 0 Å². The fraction of sp³-hybridized carbons (Fsp3) is 0.182. The molecule has 1 heterocycles. The molecule has 6 heteroatoms. The van der Waals surface area contributed by atoms with Gasteiger partial charge in [-0.3, -0.25) is 4.79 Å². The van der Waals surface area contributed by atoms with Crippen molar-refractivity contribution in [3.05, 3.63) is 59.7 Å². The second-order valence-electron chi connectivity index (χ2n) is 6.76. The number of rotatable bonds is 6. The van der Waals surface area contributed by atoms with E-state index in [4.69, 9.17) is 9.84 Å². The molecule has 0 spiro atoms. The maximum absolute atomic E-state index is 13.0. The Labute approximate surface area is 165 Å². The molecule has 0 bridgehead atoms. The molecule has 2 N–H and O–H groups in total. The number of carboxylic acid groups (broad SMARTS) is 1. The van der Waals surface area contributed by atoms with Gasteiger partial charge in [-0.05, 0) is 48.7 Å². The van der Waals surface area contributed by atoms with Gasteiger partial charge < -0.3 is 14.9 Å². The molecule has 1 aliphatic rings. The van der Waals surface area contributed by atoms with Crippen LogP contribution in [0.3, 0.4) is 0 Å². The summed E-state index contributed by atoms with van der Waals surface area (Å²) >= 11 is 1.42. The van der Waals surface area contributed by atoms with Gasteiger partial charge in [-0.15, -0.1) is 11.3 Å². The average Bonchev–Trinajstić information content (AvgIpc) is 2.99. The minimum Gasteiger partial charge on any atom is -0.508 e. The summed E-state index contributed by atoms with van der Waals surface area (Å²) in [6.07, 6.45) is 4.99. The number of benzene rings is 2. The number of thiophene rings is 1. The number of carbonyl (C=O) groups is 2. The van der Waals surface area contributed by atoms with Crippen molar-refractivity contribution in [3.8, 4) is 22.6 Å². The summed E-state index contributed by atoms with van der Waals surface area (Å²) in [7, 11) is 0. The van der Waals surface area contributed by atoms with Crippen LogP contribution in [-0.4, -0.2) is 22.0 Å². The fourth-order valence-corrected chi connectivity index (χ4v) is 4.55. The van der Waals surface area contributed by atoms with Crippen LogP contribution in [0.4, 0.5) is 0 Å². The van der Waals surface area contributed by atoms with Crippen LogP contribution < -0.4 is 4.74 Å². The molecule has 0 amide bonds. The van der Waals surface area contributed by atoms with Crippen LogP contribution >= 0.6 is 11.3 Å². The maximum atomic E-state index is 13.0. The molecule has 1 aromatic heterocycles. The number of hydrogen-bond acceptors (Lipinski definition) is 5. The van der Waals surface area contributed by atoms with Gasteiger partial charge in [0.2, 0.25) is 0 Å². The van der Waals surface area contributed by atoms with E-state index >= 15 is 0 Å². The summed E-state index contributed by atoms with van der Waals surface area (Å²) in [6.45, 7) is 0. The Morgan fingerprint density at radius 1 is 1.11 bits per heavy atom.